The van der Waals surface area contributed by atoms with Gasteiger partial charge in [-0.1, -0.05) is 29.8 Å². The molecule has 0 amide bonds. The smallest absolute Gasteiger partial charge is 0.205 e. The molecule has 3 aliphatic rings. The van der Waals surface area contributed by atoms with E-state index in [0.717, 1.165) is 64.7 Å². The Hall–Kier alpha value is -2.19. The highest BCUT2D eigenvalue weighted by molar-refractivity contribution is 9.10. The molecular formula is C23H32BrN7. The Labute approximate surface area is 192 Å². The van der Waals surface area contributed by atoms with Crippen LogP contribution in [0.25, 0.3) is 11.4 Å². The van der Waals surface area contributed by atoms with Crippen molar-refractivity contribution in [3.05, 3.63) is 34.4 Å². The predicted octanol–water partition coefficient (Wildman–Crippen LogP) is 5.67. The van der Waals surface area contributed by atoms with Gasteiger partial charge in [0, 0.05) is 28.3 Å². The van der Waals surface area contributed by atoms with Crippen LogP contribution in [0.3, 0.4) is 0 Å². The second-order valence-electron chi connectivity index (χ2n) is 9.07. The summed E-state index contributed by atoms with van der Waals surface area (Å²) >= 11 is 3.50. The topological polar surface area (TPSA) is 93.7 Å². The third-order valence-electron chi connectivity index (χ3n) is 5.91. The molecule has 1 fully saturated rings. The van der Waals surface area contributed by atoms with Crippen molar-refractivity contribution < 1.29 is 0 Å². The van der Waals surface area contributed by atoms with Gasteiger partial charge in [0.15, 0.2) is 11.5 Å². The first kappa shape index (κ1) is 22.0. The molecule has 1 aliphatic carbocycles. The molecule has 1 saturated carbocycles. The molecule has 166 valence electrons. The number of anilines is 3. The average Bonchev–Trinajstić information content (AvgIpc) is 3.16. The summed E-state index contributed by atoms with van der Waals surface area (Å²) in [5.41, 5.74) is 9.94. The third-order valence-corrected chi connectivity index (χ3v) is 6.44. The van der Waals surface area contributed by atoms with E-state index < -0.39 is 0 Å². The van der Waals surface area contributed by atoms with Gasteiger partial charge < -0.3 is 20.9 Å². The first-order valence-electron chi connectivity index (χ1n) is 11.2. The summed E-state index contributed by atoms with van der Waals surface area (Å²) in [5, 5.41) is 16.3. The van der Waals surface area contributed by atoms with E-state index in [1.165, 1.54) is 0 Å². The van der Waals surface area contributed by atoms with E-state index >= 15 is 0 Å². The molecule has 0 atom stereocenters. The van der Waals surface area contributed by atoms with Crippen molar-refractivity contribution in [2.75, 3.05) is 10.6 Å². The van der Waals surface area contributed by atoms with Gasteiger partial charge in [-0.05, 0) is 69.7 Å². The Morgan fingerprint density at radius 2 is 1.71 bits per heavy atom. The minimum Gasteiger partial charge on any atom is -0.353 e. The van der Waals surface area contributed by atoms with Crippen molar-refractivity contribution in [1.29, 1.82) is 0 Å². The molecule has 0 spiro atoms. The summed E-state index contributed by atoms with van der Waals surface area (Å²) < 4.78 is 3.29. The van der Waals surface area contributed by atoms with E-state index in [2.05, 4.69) is 69.0 Å². The van der Waals surface area contributed by atoms with Crippen molar-refractivity contribution in [2.24, 2.45) is 5.73 Å². The zero-order valence-electron chi connectivity index (χ0n) is 18.7. The summed E-state index contributed by atoms with van der Waals surface area (Å²) in [4.78, 5) is 5.02. The van der Waals surface area contributed by atoms with Gasteiger partial charge in [0.05, 0.1) is 11.4 Å². The lowest BCUT2D eigenvalue weighted by Gasteiger charge is -2.30. The lowest BCUT2D eigenvalue weighted by atomic mass is 9.92. The van der Waals surface area contributed by atoms with Crippen LogP contribution in [0.5, 0.6) is 0 Å². The Morgan fingerprint density at radius 1 is 1.03 bits per heavy atom. The SMILES string of the molecule is CC(C)c1nnc2c(Nc3ccc(Br)cc3)nc(NC3CCC(N)CC3)n(C(C)C)c1-2. The Balaban J connectivity index is 1.80. The molecule has 31 heavy (non-hydrogen) atoms. The average molecular weight is 486 g/mol. The Kier molecular flexibility index (Phi) is 6.48. The van der Waals surface area contributed by atoms with Crippen LogP contribution in [0.1, 0.15) is 71.0 Å². The van der Waals surface area contributed by atoms with Gasteiger partial charge in [-0.15, -0.1) is 5.10 Å². The summed E-state index contributed by atoms with van der Waals surface area (Å²) in [7, 11) is 0. The lowest BCUT2D eigenvalue weighted by molar-refractivity contribution is 0.407. The highest BCUT2D eigenvalue weighted by atomic mass is 79.9. The monoisotopic (exact) mass is 485 g/mol. The maximum Gasteiger partial charge on any atom is 0.205 e. The molecule has 4 rings (SSSR count). The fraction of sp³-hybridized carbons (Fsp3) is 0.522. The number of hydrogen-bond donors (Lipinski definition) is 3. The van der Waals surface area contributed by atoms with Crippen LogP contribution >= 0.6 is 15.9 Å². The minimum atomic E-state index is 0.216. The van der Waals surface area contributed by atoms with Gasteiger partial charge in [0.1, 0.15) is 0 Å². The molecule has 2 aliphatic heterocycles. The van der Waals surface area contributed by atoms with E-state index in [9.17, 15) is 0 Å². The molecule has 1 aromatic carbocycles. The van der Waals surface area contributed by atoms with Gasteiger partial charge in [-0.2, -0.15) is 10.1 Å². The zero-order chi connectivity index (χ0) is 22.1. The molecule has 0 unspecified atom stereocenters. The fourth-order valence-corrected chi connectivity index (χ4v) is 4.50. The molecule has 0 aromatic heterocycles. The molecular weight excluding hydrogens is 454 g/mol. The van der Waals surface area contributed by atoms with E-state index in [4.69, 9.17) is 10.7 Å². The number of aromatic nitrogens is 4. The maximum atomic E-state index is 6.12. The lowest BCUT2D eigenvalue weighted by Crippen LogP contribution is -2.34. The number of hydrogen-bond acceptors (Lipinski definition) is 6. The number of halogens is 1. The van der Waals surface area contributed by atoms with Gasteiger partial charge >= 0.3 is 0 Å². The number of nitrogens with one attached hydrogen (secondary N) is 2. The molecule has 4 N–H and O–H groups in total. The van der Waals surface area contributed by atoms with Crippen LogP contribution in [0.2, 0.25) is 0 Å². The first-order chi connectivity index (χ1) is 14.8. The van der Waals surface area contributed by atoms with Crippen LogP contribution in [0.4, 0.5) is 17.5 Å². The molecule has 0 radical (unpaired) electrons. The fourth-order valence-electron chi connectivity index (χ4n) is 4.23. The standard InChI is InChI=1S/C23H32BrN7/c1-13(2)19-21-20(30-29-19)22(26-17-9-5-15(24)6-10-17)28-23(31(21)14(3)4)27-18-11-7-16(25)8-12-18/h5-6,9-10,13-14,16,18,26H,7-8,11-12,25H2,1-4H3,(H,27,28). The van der Waals surface area contributed by atoms with Gasteiger partial charge in [-0.25, -0.2) is 0 Å². The number of rotatable bonds is 6. The van der Waals surface area contributed by atoms with Crippen LogP contribution in [0.15, 0.2) is 28.7 Å². The predicted molar refractivity (Wildman–Crippen MR) is 130 cm³/mol. The summed E-state index contributed by atoms with van der Waals surface area (Å²) in [6, 6.07) is 8.97. The summed E-state index contributed by atoms with van der Waals surface area (Å²) in [6.07, 6.45) is 4.21. The van der Waals surface area contributed by atoms with Crippen molar-refractivity contribution in [2.45, 2.75) is 77.4 Å². The molecule has 0 saturated heterocycles. The third kappa shape index (κ3) is 4.70. The quantitative estimate of drug-likeness (QED) is 0.416. The number of benzene rings is 1. The molecule has 7 nitrogen and oxygen atoms in total. The van der Waals surface area contributed by atoms with Crippen molar-refractivity contribution in [3.8, 4) is 11.4 Å². The molecule has 8 heteroatoms. The van der Waals surface area contributed by atoms with E-state index in [-0.39, 0.29) is 12.0 Å². The van der Waals surface area contributed by atoms with E-state index in [1.54, 1.807) is 0 Å². The number of fused-ring (bicyclic) bond motifs is 1. The molecule has 2 heterocycles. The minimum absolute atomic E-state index is 0.216. The summed E-state index contributed by atoms with van der Waals surface area (Å²) in [5.74, 6) is 1.85. The normalized spacial score (nSPS) is 19.4. The van der Waals surface area contributed by atoms with Gasteiger partial charge in [-0.3, -0.25) is 0 Å². The second-order valence-corrected chi connectivity index (χ2v) is 9.99. The largest absolute Gasteiger partial charge is 0.353 e. The molecule has 0 bridgehead atoms. The first-order valence-corrected chi connectivity index (χ1v) is 12.0. The zero-order valence-corrected chi connectivity index (χ0v) is 20.3. The van der Waals surface area contributed by atoms with Crippen LogP contribution < -0.4 is 16.4 Å². The van der Waals surface area contributed by atoms with Gasteiger partial charge in [0.25, 0.3) is 0 Å². The highest BCUT2D eigenvalue weighted by Gasteiger charge is 2.29. The number of nitrogens with zero attached hydrogens (tertiary/aromatic N) is 4. The second kappa shape index (κ2) is 9.12. The Bertz CT molecular complexity index is 988. The number of nitrogens with two attached hydrogens (primary N) is 1. The van der Waals surface area contributed by atoms with E-state index in [0.29, 0.717) is 12.1 Å². The summed E-state index contributed by atoms with van der Waals surface area (Å²) in [6.45, 7) is 8.68. The maximum absolute atomic E-state index is 6.12. The van der Waals surface area contributed by atoms with Crippen LogP contribution in [-0.4, -0.2) is 31.8 Å². The van der Waals surface area contributed by atoms with Crippen molar-refractivity contribution >= 4 is 33.4 Å². The van der Waals surface area contributed by atoms with Crippen molar-refractivity contribution in [3.63, 3.8) is 0 Å². The van der Waals surface area contributed by atoms with Gasteiger partial charge in [0.2, 0.25) is 5.95 Å². The van der Waals surface area contributed by atoms with Crippen LogP contribution in [0, 0.1) is 0 Å². The van der Waals surface area contributed by atoms with E-state index in [1.807, 2.05) is 24.3 Å². The Morgan fingerprint density at radius 3 is 2.32 bits per heavy atom. The van der Waals surface area contributed by atoms with Crippen LogP contribution in [-0.2, 0) is 0 Å². The highest BCUT2D eigenvalue weighted by Crippen LogP contribution is 2.39. The van der Waals surface area contributed by atoms with Crippen molar-refractivity contribution in [1.82, 2.24) is 19.7 Å². The molecule has 1 aromatic rings.